The topological polar surface area (TPSA) is 37.0 Å². The summed E-state index contributed by atoms with van der Waals surface area (Å²) in [5.74, 6) is 1.93. The first-order chi connectivity index (χ1) is 8.67. The van der Waals surface area contributed by atoms with Crippen molar-refractivity contribution < 1.29 is 0 Å². The Balaban J connectivity index is 1.78. The molecule has 0 amide bonds. The third-order valence-corrected chi connectivity index (χ3v) is 4.64. The predicted molar refractivity (Wildman–Crippen MR) is 76.0 cm³/mol. The van der Waals surface area contributed by atoms with Crippen molar-refractivity contribution in [2.75, 3.05) is 23.7 Å². The lowest BCUT2D eigenvalue weighted by molar-refractivity contribution is 0.185. The highest BCUT2D eigenvalue weighted by Crippen LogP contribution is 2.41. The molecule has 98 valence electrons. The van der Waals surface area contributed by atoms with Gasteiger partial charge >= 0.3 is 0 Å². The second-order valence-electron chi connectivity index (χ2n) is 6.30. The van der Waals surface area contributed by atoms with E-state index in [4.69, 9.17) is 0 Å². The summed E-state index contributed by atoms with van der Waals surface area (Å²) < 4.78 is 0. The van der Waals surface area contributed by atoms with Crippen LogP contribution in [0.4, 0.5) is 11.5 Å². The average molecular weight is 245 g/mol. The fourth-order valence-corrected chi connectivity index (χ4v) is 3.19. The Labute approximate surface area is 109 Å². The van der Waals surface area contributed by atoms with Gasteiger partial charge in [0.15, 0.2) is 0 Å². The molecule has 0 atom stereocenters. The Bertz CT molecular complexity index is 433. The summed E-state index contributed by atoms with van der Waals surface area (Å²) in [5, 5.41) is 7.17. The lowest BCUT2D eigenvalue weighted by Gasteiger charge is -2.38. The second-order valence-corrected chi connectivity index (χ2v) is 6.30. The van der Waals surface area contributed by atoms with Crippen molar-refractivity contribution >= 4 is 11.5 Å². The summed E-state index contributed by atoms with van der Waals surface area (Å²) in [5.41, 5.74) is 2.82. The summed E-state index contributed by atoms with van der Waals surface area (Å²) in [6.07, 6.45) is 7.34. The fourth-order valence-electron chi connectivity index (χ4n) is 3.19. The zero-order chi connectivity index (χ0) is 12.6. The van der Waals surface area contributed by atoms with Crippen LogP contribution in [0, 0.1) is 18.3 Å². The number of hydrogen-bond acceptors (Lipinski definition) is 3. The van der Waals surface area contributed by atoms with Crippen LogP contribution in [0.15, 0.2) is 12.3 Å². The molecule has 1 fully saturated rings. The van der Waals surface area contributed by atoms with Crippen LogP contribution in [0.3, 0.4) is 0 Å². The molecule has 3 heteroatoms. The SMILES string of the molecule is Cc1cnc2c(c1)NCC1(CCC(C)CC1)CN2. The molecular formula is C15H23N3. The quantitative estimate of drug-likeness (QED) is 0.735. The predicted octanol–water partition coefficient (Wildman–Crippen LogP) is 3.42. The Morgan fingerprint density at radius 3 is 2.72 bits per heavy atom. The van der Waals surface area contributed by atoms with E-state index in [1.165, 1.54) is 36.9 Å². The summed E-state index contributed by atoms with van der Waals surface area (Å²) in [4.78, 5) is 4.50. The van der Waals surface area contributed by atoms with E-state index in [9.17, 15) is 0 Å². The van der Waals surface area contributed by atoms with Crippen LogP contribution in [0.25, 0.3) is 0 Å². The molecule has 0 unspecified atom stereocenters. The Morgan fingerprint density at radius 2 is 1.94 bits per heavy atom. The molecule has 0 radical (unpaired) electrons. The zero-order valence-corrected chi connectivity index (χ0v) is 11.4. The first-order valence-corrected chi connectivity index (χ1v) is 7.11. The number of rotatable bonds is 0. The van der Waals surface area contributed by atoms with Gasteiger partial charge in [-0.05, 0) is 37.3 Å². The lowest BCUT2D eigenvalue weighted by Crippen LogP contribution is -2.38. The van der Waals surface area contributed by atoms with Crippen LogP contribution in [0.1, 0.15) is 38.2 Å². The van der Waals surface area contributed by atoms with Crippen molar-refractivity contribution in [1.82, 2.24) is 4.98 Å². The van der Waals surface area contributed by atoms with Gasteiger partial charge in [0.2, 0.25) is 0 Å². The Morgan fingerprint density at radius 1 is 1.22 bits per heavy atom. The molecule has 2 heterocycles. The van der Waals surface area contributed by atoms with Gasteiger partial charge in [-0.2, -0.15) is 0 Å². The van der Waals surface area contributed by atoms with E-state index in [2.05, 4.69) is 35.5 Å². The van der Waals surface area contributed by atoms with E-state index >= 15 is 0 Å². The maximum Gasteiger partial charge on any atom is 0.149 e. The summed E-state index contributed by atoms with van der Waals surface area (Å²) in [6.45, 7) is 6.63. The second kappa shape index (κ2) is 4.45. The van der Waals surface area contributed by atoms with Crippen molar-refractivity contribution in [1.29, 1.82) is 0 Å². The molecule has 18 heavy (non-hydrogen) atoms. The monoisotopic (exact) mass is 245 g/mol. The summed E-state index contributed by atoms with van der Waals surface area (Å²) in [7, 11) is 0. The minimum atomic E-state index is 0.432. The third-order valence-electron chi connectivity index (χ3n) is 4.64. The lowest BCUT2D eigenvalue weighted by atomic mass is 9.71. The summed E-state index contributed by atoms with van der Waals surface area (Å²) in [6, 6.07) is 2.19. The minimum absolute atomic E-state index is 0.432. The van der Waals surface area contributed by atoms with E-state index in [1.54, 1.807) is 0 Å². The average Bonchev–Trinajstić information content (AvgIpc) is 2.54. The van der Waals surface area contributed by atoms with Gasteiger partial charge < -0.3 is 10.6 Å². The van der Waals surface area contributed by atoms with Gasteiger partial charge in [-0.15, -0.1) is 0 Å². The number of anilines is 2. The molecule has 3 nitrogen and oxygen atoms in total. The third kappa shape index (κ3) is 2.18. The van der Waals surface area contributed by atoms with Gasteiger partial charge in [-0.25, -0.2) is 4.98 Å². The molecule has 1 aliphatic heterocycles. The van der Waals surface area contributed by atoms with Crippen LogP contribution in [0.5, 0.6) is 0 Å². The number of pyridine rings is 1. The molecule has 1 aromatic heterocycles. The van der Waals surface area contributed by atoms with E-state index in [1.807, 2.05) is 6.20 Å². The van der Waals surface area contributed by atoms with Crippen LogP contribution in [-0.2, 0) is 0 Å². The molecule has 0 saturated heterocycles. The van der Waals surface area contributed by atoms with Gasteiger partial charge in [0.05, 0.1) is 5.69 Å². The first-order valence-electron chi connectivity index (χ1n) is 7.11. The molecule has 1 saturated carbocycles. The zero-order valence-electron chi connectivity index (χ0n) is 11.4. The normalized spacial score (nSPS) is 31.1. The number of aromatic nitrogens is 1. The van der Waals surface area contributed by atoms with Gasteiger partial charge in [-0.1, -0.05) is 19.8 Å². The van der Waals surface area contributed by atoms with E-state index < -0.39 is 0 Å². The van der Waals surface area contributed by atoms with Gasteiger partial charge in [0.1, 0.15) is 5.82 Å². The van der Waals surface area contributed by atoms with Crippen molar-refractivity contribution in [3.05, 3.63) is 17.8 Å². The van der Waals surface area contributed by atoms with E-state index in [-0.39, 0.29) is 0 Å². The van der Waals surface area contributed by atoms with E-state index in [0.29, 0.717) is 5.41 Å². The highest BCUT2D eigenvalue weighted by molar-refractivity contribution is 5.66. The molecule has 0 bridgehead atoms. The molecular weight excluding hydrogens is 222 g/mol. The first kappa shape index (κ1) is 11.8. The highest BCUT2D eigenvalue weighted by Gasteiger charge is 2.35. The fraction of sp³-hybridized carbons (Fsp3) is 0.667. The van der Waals surface area contributed by atoms with Crippen molar-refractivity contribution in [2.24, 2.45) is 11.3 Å². The molecule has 0 aromatic carbocycles. The standard InChI is InChI=1S/C15H23N3/c1-11-3-5-15(6-4-11)9-17-13-7-12(2)8-16-14(13)18-10-15/h7-8,11,17H,3-6,9-10H2,1-2H3,(H,16,18). The maximum absolute atomic E-state index is 4.50. The van der Waals surface area contributed by atoms with E-state index in [0.717, 1.165) is 24.8 Å². The van der Waals surface area contributed by atoms with Crippen LogP contribution < -0.4 is 10.6 Å². The molecule has 1 aliphatic carbocycles. The molecule has 2 aliphatic rings. The van der Waals surface area contributed by atoms with Gasteiger partial charge in [0.25, 0.3) is 0 Å². The highest BCUT2D eigenvalue weighted by atomic mass is 15.1. The smallest absolute Gasteiger partial charge is 0.149 e. The Hall–Kier alpha value is -1.25. The molecule has 1 aromatic rings. The Kier molecular flexibility index (Phi) is 2.92. The van der Waals surface area contributed by atoms with Crippen molar-refractivity contribution in [3.8, 4) is 0 Å². The van der Waals surface area contributed by atoms with Crippen molar-refractivity contribution in [2.45, 2.75) is 39.5 Å². The molecule has 3 rings (SSSR count). The number of nitrogens with zero attached hydrogens (tertiary/aromatic N) is 1. The summed E-state index contributed by atoms with van der Waals surface area (Å²) >= 11 is 0. The maximum atomic E-state index is 4.50. The largest absolute Gasteiger partial charge is 0.381 e. The molecule has 1 spiro atoms. The molecule has 2 N–H and O–H groups in total. The number of aryl methyl sites for hydroxylation is 1. The number of hydrogen-bond donors (Lipinski definition) is 2. The van der Waals surface area contributed by atoms with Gasteiger partial charge in [-0.3, -0.25) is 0 Å². The van der Waals surface area contributed by atoms with Crippen LogP contribution >= 0.6 is 0 Å². The number of nitrogens with one attached hydrogen (secondary N) is 2. The van der Waals surface area contributed by atoms with Crippen LogP contribution in [-0.4, -0.2) is 18.1 Å². The van der Waals surface area contributed by atoms with Crippen molar-refractivity contribution in [3.63, 3.8) is 0 Å². The number of fused-ring (bicyclic) bond motifs is 1. The van der Waals surface area contributed by atoms with Crippen LogP contribution in [0.2, 0.25) is 0 Å². The minimum Gasteiger partial charge on any atom is -0.381 e. The van der Waals surface area contributed by atoms with Gasteiger partial charge in [0, 0.05) is 24.7 Å².